The number of nitrogens with two attached hydrogens (primary N) is 1. The van der Waals surface area contributed by atoms with E-state index < -0.39 is 0 Å². The van der Waals surface area contributed by atoms with Gasteiger partial charge in [0.05, 0.1) is 11.4 Å². The fourth-order valence-electron chi connectivity index (χ4n) is 7.23. The molecular weight excluding hydrogens is 550 g/mol. The van der Waals surface area contributed by atoms with Gasteiger partial charge >= 0.3 is 0 Å². The van der Waals surface area contributed by atoms with Gasteiger partial charge in [-0.3, -0.25) is 4.90 Å². The Labute approximate surface area is 260 Å². The van der Waals surface area contributed by atoms with E-state index in [0.717, 1.165) is 59.7 Å². The number of nitrogens with one attached hydrogen (secondary N) is 1. The van der Waals surface area contributed by atoms with Crippen molar-refractivity contribution in [2.75, 3.05) is 71.2 Å². The Morgan fingerprint density at radius 2 is 1.41 bits per heavy atom. The molecule has 0 unspecified atom stereocenters. The summed E-state index contributed by atoms with van der Waals surface area (Å²) < 4.78 is 8.13. The van der Waals surface area contributed by atoms with Crippen LogP contribution >= 0.6 is 0 Å². The molecule has 0 radical (unpaired) electrons. The van der Waals surface area contributed by atoms with Gasteiger partial charge in [0.25, 0.3) is 0 Å². The average molecular weight is 596 g/mol. The van der Waals surface area contributed by atoms with Crippen molar-refractivity contribution < 1.29 is 4.74 Å². The molecule has 10 nitrogen and oxygen atoms in total. The van der Waals surface area contributed by atoms with E-state index in [9.17, 15) is 0 Å². The first kappa shape index (κ1) is 29.2. The molecule has 0 atom stereocenters. The summed E-state index contributed by atoms with van der Waals surface area (Å²) in [7, 11) is 0. The Balaban J connectivity index is 0.962. The zero-order chi connectivity index (χ0) is 29.7. The minimum atomic E-state index is 0.309. The lowest BCUT2D eigenvalue weighted by molar-refractivity contribution is 0.0686. The van der Waals surface area contributed by atoms with Crippen LogP contribution in [0.5, 0.6) is 11.5 Å². The molecule has 2 aromatic carbocycles. The molecule has 4 aromatic rings. The summed E-state index contributed by atoms with van der Waals surface area (Å²) in [5.41, 5.74) is 9.07. The highest BCUT2D eigenvalue weighted by molar-refractivity contribution is 5.98. The number of ether oxygens (including phenoxy) is 1. The summed E-state index contributed by atoms with van der Waals surface area (Å²) in [6.45, 7) is 11.9. The van der Waals surface area contributed by atoms with Gasteiger partial charge in [0.1, 0.15) is 29.3 Å². The Bertz CT molecular complexity index is 1490. The van der Waals surface area contributed by atoms with Gasteiger partial charge in [-0.1, -0.05) is 18.2 Å². The first-order valence-electron chi connectivity index (χ1n) is 16.4. The third-order valence-corrected chi connectivity index (χ3v) is 9.72. The van der Waals surface area contributed by atoms with Crippen molar-refractivity contribution in [1.82, 2.24) is 39.8 Å². The number of rotatable bonds is 9. The van der Waals surface area contributed by atoms with E-state index in [4.69, 9.17) is 15.6 Å². The monoisotopic (exact) mass is 595 g/mol. The molecule has 44 heavy (non-hydrogen) atoms. The van der Waals surface area contributed by atoms with Crippen LogP contribution in [-0.4, -0.2) is 106 Å². The third-order valence-electron chi connectivity index (χ3n) is 9.72. The van der Waals surface area contributed by atoms with Crippen LogP contribution in [0.25, 0.3) is 22.3 Å². The number of nitrogen functional groups attached to an aromatic ring is 1. The maximum Gasteiger partial charge on any atom is 0.164 e. The average Bonchev–Trinajstić information content (AvgIpc) is 3.48. The van der Waals surface area contributed by atoms with E-state index in [2.05, 4.69) is 34.7 Å². The van der Waals surface area contributed by atoms with Crippen molar-refractivity contribution in [3.8, 4) is 22.8 Å². The van der Waals surface area contributed by atoms with Crippen molar-refractivity contribution in [3.05, 3.63) is 60.9 Å². The van der Waals surface area contributed by atoms with E-state index in [1.54, 1.807) is 6.33 Å². The quantitative estimate of drug-likeness (QED) is 0.294. The van der Waals surface area contributed by atoms with Crippen molar-refractivity contribution >= 4 is 16.9 Å². The Kier molecular flexibility index (Phi) is 9.01. The molecule has 2 aliphatic heterocycles. The molecule has 1 aliphatic carbocycles. The Morgan fingerprint density at radius 1 is 0.750 bits per heavy atom. The van der Waals surface area contributed by atoms with Gasteiger partial charge in [-0.15, -0.1) is 0 Å². The Hall–Kier alpha value is -3.57. The summed E-state index contributed by atoms with van der Waals surface area (Å²) in [5, 5.41) is 9.42. The lowest BCUT2D eigenvalue weighted by atomic mass is 9.90. The number of hydrogen-bond donors (Lipinski definition) is 2. The zero-order valence-corrected chi connectivity index (χ0v) is 25.7. The molecule has 10 heteroatoms. The molecule has 0 spiro atoms. The van der Waals surface area contributed by atoms with Crippen LogP contribution in [0.15, 0.2) is 60.9 Å². The topological polar surface area (TPSA) is 101 Å². The maximum atomic E-state index is 6.42. The van der Waals surface area contributed by atoms with Crippen LogP contribution in [0.1, 0.15) is 38.1 Å². The molecule has 3 aliphatic rings. The van der Waals surface area contributed by atoms with Gasteiger partial charge in [-0.05, 0) is 81.6 Å². The number of anilines is 1. The van der Waals surface area contributed by atoms with E-state index in [1.165, 1.54) is 71.6 Å². The molecule has 4 heterocycles. The Morgan fingerprint density at radius 3 is 2.14 bits per heavy atom. The fraction of sp³-hybridized carbons (Fsp3) is 0.500. The van der Waals surface area contributed by atoms with Gasteiger partial charge in [-0.25, -0.2) is 14.6 Å². The summed E-state index contributed by atoms with van der Waals surface area (Å²) in [5.74, 6) is 2.06. The minimum Gasteiger partial charge on any atom is -0.457 e. The number of para-hydroxylation sites is 1. The molecule has 232 valence electrons. The van der Waals surface area contributed by atoms with Crippen molar-refractivity contribution in [3.63, 3.8) is 0 Å². The molecule has 3 fully saturated rings. The molecule has 0 amide bonds. The van der Waals surface area contributed by atoms with Crippen LogP contribution in [0.4, 0.5) is 5.82 Å². The van der Waals surface area contributed by atoms with Crippen LogP contribution in [0.2, 0.25) is 0 Å². The highest BCUT2D eigenvalue weighted by atomic mass is 16.5. The second kappa shape index (κ2) is 13.6. The third kappa shape index (κ3) is 6.58. The normalized spacial score (nSPS) is 22.4. The van der Waals surface area contributed by atoms with E-state index in [1.807, 2.05) is 54.6 Å². The highest BCUT2D eigenvalue weighted by Gasteiger charge is 2.31. The minimum absolute atomic E-state index is 0.309. The van der Waals surface area contributed by atoms with Crippen molar-refractivity contribution in [2.45, 2.75) is 44.2 Å². The van der Waals surface area contributed by atoms with Gasteiger partial charge in [-0.2, -0.15) is 5.10 Å². The fourth-order valence-corrected chi connectivity index (χ4v) is 7.23. The van der Waals surface area contributed by atoms with Crippen LogP contribution in [0, 0.1) is 0 Å². The first-order valence-corrected chi connectivity index (χ1v) is 16.4. The zero-order valence-electron chi connectivity index (χ0n) is 25.7. The molecule has 0 bridgehead atoms. The lowest BCUT2D eigenvalue weighted by Gasteiger charge is -2.42. The molecule has 2 saturated heterocycles. The van der Waals surface area contributed by atoms with Crippen LogP contribution < -0.4 is 15.8 Å². The van der Waals surface area contributed by atoms with Crippen molar-refractivity contribution in [1.29, 1.82) is 0 Å². The lowest BCUT2D eigenvalue weighted by Crippen LogP contribution is -2.51. The number of fused-ring (bicyclic) bond motifs is 1. The van der Waals surface area contributed by atoms with Crippen molar-refractivity contribution in [2.24, 2.45) is 0 Å². The molecular formula is C34H45N9O. The molecule has 1 saturated carbocycles. The summed E-state index contributed by atoms with van der Waals surface area (Å²) >= 11 is 0. The summed E-state index contributed by atoms with van der Waals surface area (Å²) in [6.07, 6.45) is 7.42. The SMILES string of the molecule is Nc1ncnc2c1c(-c1ccc(Oc3ccccc3)cc1)nn2C1CCC(N2CCN(CCCN3CCNCC3)CC2)CC1. The molecule has 3 N–H and O–H groups in total. The van der Waals surface area contributed by atoms with Gasteiger partial charge in [0.2, 0.25) is 0 Å². The maximum absolute atomic E-state index is 6.42. The van der Waals surface area contributed by atoms with Gasteiger partial charge in [0, 0.05) is 64.0 Å². The number of aromatic nitrogens is 4. The summed E-state index contributed by atoms with van der Waals surface area (Å²) in [6, 6.07) is 18.8. The predicted molar refractivity (Wildman–Crippen MR) is 175 cm³/mol. The largest absolute Gasteiger partial charge is 0.457 e. The van der Waals surface area contributed by atoms with Gasteiger partial charge in [0.15, 0.2) is 5.65 Å². The number of hydrogen-bond acceptors (Lipinski definition) is 9. The van der Waals surface area contributed by atoms with E-state index in [0.29, 0.717) is 17.9 Å². The summed E-state index contributed by atoms with van der Waals surface area (Å²) in [4.78, 5) is 17.0. The standard InChI is InChI=1S/C34H45N9O/c35-33-31-32(26-7-13-30(14-8-26)44-29-5-2-1-3-6-29)39-43(34(31)38-25-37-33)28-11-9-27(10-12-28)42-23-21-41(22-24-42)18-4-17-40-19-15-36-16-20-40/h1-3,5-8,13-14,25,27-28,36H,4,9-12,15-24H2,(H2,35,37,38). The van der Waals surface area contributed by atoms with Gasteiger partial charge < -0.3 is 25.6 Å². The van der Waals surface area contributed by atoms with Crippen LogP contribution in [-0.2, 0) is 0 Å². The number of nitrogens with zero attached hydrogens (tertiary/aromatic N) is 7. The van der Waals surface area contributed by atoms with E-state index in [-0.39, 0.29) is 0 Å². The first-order chi connectivity index (χ1) is 21.7. The second-order valence-electron chi connectivity index (χ2n) is 12.5. The number of benzene rings is 2. The molecule has 2 aromatic heterocycles. The molecule has 7 rings (SSSR count). The smallest absolute Gasteiger partial charge is 0.164 e. The van der Waals surface area contributed by atoms with E-state index >= 15 is 0 Å². The highest BCUT2D eigenvalue weighted by Crippen LogP contribution is 2.37. The second-order valence-corrected chi connectivity index (χ2v) is 12.5. The van der Waals surface area contributed by atoms with Crippen LogP contribution in [0.3, 0.4) is 0 Å². The number of piperazine rings is 2. The predicted octanol–water partition coefficient (Wildman–Crippen LogP) is 4.26.